The first kappa shape index (κ1) is 24.8. The van der Waals surface area contributed by atoms with Crippen molar-refractivity contribution in [3.8, 4) is 11.1 Å². The number of aliphatic carboxylic acids is 1. The normalized spacial score (nSPS) is 15.9. The maximum absolute atomic E-state index is 13.0. The molecule has 7 heteroatoms. The van der Waals surface area contributed by atoms with E-state index in [0.29, 0.717) is 12.8 Å². The van der Waals surface area contributed by atoms with Crippen LogP contribution >= 0.6 is 0 Å². The van der Waals surface area contributed by atoms with Gasteiger partial charge < -0.3 is 20.5 Å². The van der Waals surface area contributed by atoms with Crippen LogP contribution in [0.3, 0.4) is 0 Å². The van der Waals surface area contributed by atoms with E-state index in [1.807, 2.05) is 38.1 Å². The van der Waals surface area contributed by atoms with Crippen molar-refractivity contribution in [1.29, 1.82) is 0 Å². The lowest BCUT2D eigenvalue weighted by Gasteiger charge is -2.34. The Morgan fingerprint density at radius 1 is 1.00 bits per heavy atom. The van der Waals surface area contributed by atoms with Crippen molar-refractivity contribution in [1.82, 2.24) is 10.6 Å². The van der Waals surface area contributed by atoms with Gasteiger partial charge in [0.1, 0.15) is 12.6 Å². The highest BCUT2D eigenvalue weighted by Gasteiger charge is 2.39. The Balaban J connectivity index is 1.40. The molecule has 1 saturated carbocycles. The SMILES string of the molecule is CCC(CC)(CNC(=O)C(NC(=O)OCC1c2ccccc2-c2ccccc21)C1CCC1)C(=O)O. The van der Waals surface area contributed by atoms with Crippen LogP contribution in [-0.2, 0) is 14.3 Å². The Hall–Kier alpha value is -3.35. The molecular formula is C28H34N2O5. The zero-order chi connectivity index (χ0) is 25.0. The number of rotatable bonds is 10. The molecule has 7 nitrogen and oxygen atoms in total. The third-order valence-electron chi connectivity index (χ3n) is 7.93. The summed E-state index contributed by atoms with van der Waals surface area (Å²) in [6.07, 6.45) is 2.87. The number of hydrogen-bond acceptors (Lipinski definition) is 4. The van der Waals surface area contributed by atoms with E-state index in [9.17, 15) is 19.5 Å². The highest BCUT2D eigenvalue weighted by Crippen LogP contribution is 2.44. The molecule has 0 bridgehead atoms. The summed E-state index contributed by atoms with van der Waals surface area (Å²) in [4.78, 5) is 37.6. The van der Waals surface area contributed by atoms with Crippen molar-refractivity contribution >= 4 is 18.0 Å². The van der Waals surface area contributed by atoms with E-state index in [1.54, 1.807) is 0 Å². The number of hydrogen-bond donors (Lipinski definition) is 3. The summed E-state index contributed by atoms with van der Waals surface area (Å²) in [6.45, 7) is 3.82. The summed E-state index contributed by atoms with van der Waals surface area (Å²) in [7, 11) is 0. The fourth-order valence-corrected chi connectivity index (χ4v) is 5.18. The molecule has 186 valence electrons. The van der Waals surface area contributed by atoms with E-state index >= 15 is 0 Å². The standard InChI is InChI=1S/C28H34N2O5/c1-3-28(4-2,26(32)33)17-29-25(31)24(18-10-9-11-18)30-27(34)35-16-23-21-14-7-5-12-19(21)20-13-6-8-15-22(20)23/h5-8,12-15,18,23-24H,3-4,9-11,16-17H2,1-2H3,(H,29,31)(H,30,34)(H,32,33). The average Bonchev–Trinajstić information content (AvgIpc) is 3.15. The lowest BCUT2D eigenvalue weighted by atomic mass is 9.78. The highest BCUT2D eigenvalue weighted by atomic mass is 16.5. The maximum atomic E-state index is 13.0. The second kappa shape index (κ2) is 10.5. The minimum atomic E-state index is -1.01. The van der Waals surface area contributed by atoms with Crippen LogP contribution in [0.4, 0.5) is 4.79 Å². The van der Waals surface area contributed by atoms with Gasteiger partial charge in [0.05, 0.1) is 5.41 Å². The molecule has 0 aromatic heterocycles. The zero-order valence-corrected chi connectivity index (χ0v) is 20.4. The van der Waals surface area contributed by atoms with Crippen LogP contribution < -0.4 is 10.6 Å². The molecule has 0 spiro atoms. The van der Waals surface area contributed by atoms with Gasteiger partial charge in [-0.2, -0.15) is 0 Å². The Morgan fingerprint density at radius 2 is 1.57 bits per heavy atom. The van der Waals surface area contributed by atoms with Gasteiger partial charge in [-0.1, -0.05) is 68.8 Å². The van der Waals surface area contributed by atoms with Crippen LogP contribution in [0.15, 0.2) is 48.5 Å². The second-order valence-electron chi connectivity index (χ2n) is 9.65. The summed E-state index contributed by atoms with van der Waals surface area (Å²) in [5.41, 5.74) is 3.54. The van der Waals surface area contributed by atoms with Gasteiger partial charge in [0, 0.05) is 12.5 Å². The smallest absolute Gasteiger partial charge is 0.407 e. The molecule has 2 aromatic rings. The molecule has 1 atom stereocenters. The van der Waals surface area contributed by atoms with Crippen LogP contribution in [0, 0.1) is 11.3 Å². The molecule has 0 saturated heterocycles. The minimum absolute atomic E-state index is 0.0259. The van der Waals surface area contributed by atoms with Crippen LogP contribution in [-0.4, -0.2) is 42.3 Å². The quantitative estimate of drug-likeness (QED) is 0.459. The molecular weight excluding hydrogens is 444 g/mol. The van der Waals surface area contributed by atoms with Gasteiger partial charge in [0.2, 0.25) is 5.91 Å². The van der Waals surface area contributed by atoms with Gasteiger partial charge in [-0.05, 0) is 53.9 Å². The Kier molecular flexibility index (Phi) is 7.43. The van der Waals surface area contributed by atoms with Crippen molar-refractivity contribution in [2.75, 3.05) is 13.2 Å². The van der Waals surface area contributed by atoms with Crippen molar-refractivity contribution in [2.45, 2.75) is 57.9 Å². The van der Waals surface area contributed by atoms with Crippen molar-refractivity contribution in [3.05, 3.63) is 59.7 Å². The Bertz CT molecular complexity index is 1040. The summed E-state index contributed by atoms with van der Waals surface area (Å²) >= 11 is 0. The molecule has 2 aliphatic rings. The monoisotopic (exact) mass is 478 g/mol. The van der Waals surface area contributed by atoms with Gasteiger partial charge in [-0.25, -0.2) is 4.79 Å². The first-order valence-electron chi connectivity index (χ1n) is 12.5. The van der Waals surface area contributed by atoms with E-state index in [4.69, 9.17) is 4.74 Å². The Morgan fingerprint density at radius 3 is 2.06 bits per heavy atom. The molecule has 2 aliphatic carbocycles. The molecule has 2 aromatic carbocycles. The summed E-state index contributed by atoms with van der Waals surface area (Å²) in [6, 6.07) is 15.5. The molecule has 0 aliphatic heterocycles. The fraction of sp³-hybridized carbons (Fsp3) is 0.464. The van der Waals surface area contributed by atoms with Crippen LogP contribution in [0.2, 0.25) is 0 Å². The highest BCUT2D eigenvalue weighted by molar-refractivity contribution is 5.87. The van der Waals surface area contributed by atoms with Crippen LogP contribution in [0.1, 0.15) is 63.0 Å². The van der Waals surface area contributed by atoms with Gasteiger partial charge in [-0.15, -0.1) is 0 Å². The molecule has 0 radical (unpaired) electrons. The third-order valence-corrected chi connectivity index (χ3v) is 7.93. The lowest BCUT2D eigenvalue weighted by Crippen LogP contribution is -2.55. The molecule has 4 rings (SSSR count). The molecule has 2 amide bonds. The number of carbonyl (C=O) groups excluding carboxylic acids is 2. The van der Waals surface area contributed by atoms with Crippen molar-refractivity contribution < 1.29 is 24.2 Å². The number of carboxylic acid groups (broad SMARTS) is 1. The van der Waals surface area contributed by atoms with E-state index < -0.39 is 23.5 Å². The number of fused-ring (bicyclic) bond motifs is 3. The Labute approximate surface area is 206 Å². The van der Waals surface area contributed by atoms with Crippen molar-refractivity contribution in [2.24, 2.45) is 11.3 Å². The topological polar surface area (TPSA) is 105 Å². The summed E-state index contributed by atoms with van der Waals surface area (Å²) in [5.74, 6) is -1.31. The van der Waals surface area contributed by atoms with Crippen LogP contribution in [0.25, 0.3) is 11.1 Å². The van der Waals surface area contributed by atoms with E-state index in [1.165, 1.54) is 0 Å². The number of carboxylic acids is 1. The molecule has 1 unspecified atom stereocenters. The largest absolute Gasteiger partial charge is 0.481 e. The van der Waals surface area contributed by atoms with Crippen molar-refractivity contribution in [3.63, 3.8) is 0 Å². The predicted octanol–water partition coefficient (Wildman–Crippen LogP) is 4.70. The van der Waals surface area contributed by atoms with Gasteiger partial charge >= 0.3 is 12.1 Å². The number of benzene rings is 2. The fourth-order valence-electron chi connectivity index (χ4n) is 5.18. The third kappa shape index (κ3) is 4.90. The predicted molar refractivity (Wildman–Crippen MR) is 133 cm³/mol. The first-order chi connectivity index (χ1) is 16.9. The number of nitrogens with one attached hydrogen (secondary N) is 2. The van der Waals surface area contributed by atoms with E-state index in [0.717, 1.165) is 41.5 Å². The number of carbonyl (C=O) groups is 3. The van der Waals surface area contributed by atoms with Crippen LogP contribution in [0.5, 0.6) is 0 Å². The van der Waals surface area contributed by atoms with Gasteiger partial charge in [0.25, 0.3) is 0 Å². The molecule has 3 N–H and O–H groups in total. The summed E-state index contributed by atoms with van der Waals surface area (Å²) < 4.78 is 5.64. The molecule has 0 heterocycles. The first-order valence-corrected chi connectivity index (χ1v) is 12.5. The molecule has 1 fully saturated rings. The zero-order valence-electron chi connectivity index (χ0n) is 20.4. The van der Waals surface area contributed by atoms with E-state index in [-0.39, 0.29) is 30.9 Å². The van der Waals surface area contributed by atoms with Gasteiger partial charge in [-0.3, -0.25) is 9.59 Å². The number of alkyl carbamates (subject to hydrolysis) is 1. The minimum Gasteiger partial charge on any atom is -0.481 e. The van der Waals surface area contributed by atoms with E-state index in [2.05, 4.69) is 34.9 Å². The van der Waals surface area contributed by atoms with Gasteiger partial charge in [0.15, 0.2) is 0 Å². The number of amides is 2. The second-order valence-corrected chi connectivity index (χ2v) is 9.65. The summed E-state index contributed by atoms with van der Waals surface area (Å²) in [5, 5.41) is 15.2. The number of ether oxygens (including phenoxy) is 1. The molecule has 35 heavy (non-hydrogen) atoms. The maximum Gasteiger partial charge on any atom is 0.407 e. The lowest BCUT2D eigenvalue weighted by molar-refractivity contribution is -0.149. The average molecular weight is 479 g/mol.